The average Bonchev–Trinajstić information content (AvgIpc) is 3.22. The Morgan fingerprint density at radius 1 is 1.10 bits per heavy atom. The predicted octanol–water partition coefficient (Wildman–Crippen LogP) is 2.49. The molecule has 0 spiro atoms. The van der Waals surface area contributed by atoms with E-state index in [-0.39, 0.29) is 55.4 Å². The topological polar surface area (TPSA) is 135 Å². The van der Waals surface area contributed by atoms with E-state index in [0.717, 1.165) is 10.6 Å². The summed E-state index contributed by atoms with van der Waals surface area (Å²) < 4.78 is 85.8. The number of amides is 1. The number of benzene rings is 2. The third kappa shape index (κ3) is 5.46. The van der Waals surface area contributed by atoms with Crippen molar-refractivity contribution in [3.63, 3.8) is 0 Å². The van der Waals surface area contributed by atoms with Gasteiger partial charge in [0.15, 0.2) is 0 Å². The molecule has 1 saturated heterocycles. The number of hydrogen-bond acceptors (Lipinski definition) is 8. The lowest BCUT2D eigenvalue weighted by Gasteiger charge is -2.29. The van der Waals surface area contributed by atoms with E-state index in [1.807, 2.05) is 0 Å². The molecule has 0 unspecified atom stereocenters. The number of morpholine rings is 1. The summed E-state index contributed by atoms with van der Waals surface area (Å²) in [6, 6.07) is 8.61. The lowest BCUT2D eigenvalue weighted by atomic mass is 10.0. The smallest absolute Gasteiger partial charge is 0.255 e. The lowest BCUT2D eigenvalue weighted by Crippen LogP contribution is -2.46. The van der Waals surface area contributed by atoms with Crippen LogP contribution in [-0.4, -0.2) is 85.1 Å². The highest BCUT2D eigenvalue weighted by molar-refractivity contribution is 7.92. The molecular formula is C26H30FN3O8S2. The first-order valence-electron chi connectivity index (χ1n) is 12.7. The molecule has 2 aromatic carbocycles. The van der Waals surface area contributed by atoms with Gasteiger partial charge in [-0.1, -0.05) is 0 Å². The number of sulfonamides is 2. The summed E-state index contributed by atoms with van der Waals surface area (Å²) in [5.41, 5.74) is 1.60. The molecular weight excluding hydrogens is 565 g/mol. The molecule has 1 amide bonds. The van der Waals surface area contributed by atoms with Gasteiger partial charge in [-0.15, -0.1) is 0 Å². The maximum atomic E-state index is 13.6. The second-order valence-electron chi connectivity index (χ2n) is 9.78. The Morgan fingerprint density at radius 2 is 1.77 bits per heavy atom. The second-order valence-corrected chi connectivity index (χ2v) is 13.7. The van der Waals surface area contributed by atoms with Crippen molar-refractivity contribution in [3.8, 4) is 11.3 Å². The molecule has 2 atom stereocenters. The van der Waals surface area contributed by atoms with Crippen LogP contribution in [0.25, 0.3) is 22.3 Å². The number of carbonyl (C=O) groups is 1. The zero-order chi connectivity index (χ0) is 28.8. The van der Waals surface area contributed by atoms with Crippen LogP contribution in [0.5, 0.6) is 0 Å². The van der Waals surface area contributed by atoms with Crippen molar-refractivity contribution < 1.29 is 39.9 Å². The largest absolute Gasteiger partial charge is 0.455 e. The minimum atomic E-state index is -3.89. The van der Waals surface area contributed by atoms with E-state index in [1.165, 1.54) is 41.7 Å². The molecule has 216 valence electrons. The van der Waals surface area contributed by atoms with Crippen LogP contribution in [0.15, 0.2) is 40.8 Å². The van der Waals surface area contributed by atoms with Crippen LogP contribution in [0.1, 0.15) is 28.9 Å². The van der Waals surface area contributed by atoms with E-state index in [0.29, 0.717) is 16.5 Å². The lowest BCUT2D eigenvalue weighted by molar-refractivity contribution is 0.0178. The highest BCUT2D eigenvalue weighted by Gasteiger charge is 2.37. The van der Waals surface area contributed by atoms with E-state index < -0.39 is 49.7 Å². The number of hydrogen-bond donors (Lipinski definition) is 1. The quantitative estimate of drug-likeness (QED) is 0.459. The zero-order valence-electron chi connectivity index (χ0n) is 22.2. The highest BCUT2D eigenvalue weighted by atomic mass is 32.2. The molecule has 0 bridgehead atoms. The predicted molar refractivity (Wildman–Crippen MR) is 147 cm³/mol. The fourth-order valence-electron chi connectivity index (χ4n) is 5.10. The third-order valence-corrected chi connectivity index (χ3v) is 10.1. The summed E-state index contributed by atoms with van der Waals surface area (Å²) in [4.78, 5) is 13.0. The third-order valence-electron chi connectivity index (χ3n) is 7.03. The zero-order valence-corrected chi connectivity index (χ0v) is 23.8. The average molecular weight is 596 g/mol. The summed E-state index contributed by atoms with van der Waals surface area (Å²) in [5, 5.41) is 2.99. The number of carbonyl (C=O) groups excluding carboxylic acids is 1. The number of furan rings is 1. The Morgan fingerprint density at radius 3 is 2.40 bits per heavy atom. The summed E-state index contributed by atoms with van der Waals surface area (Å²) in [6.45, 7) is 2.47. The molecule has 0 aliphatic carbocycles. The van der Waals surface area contributed by atoms with E-state index in [9.17, 15) is 26.0 Å². The molecule has 1 aromatic heterocycles. The molecule has 40 heavy (non-hydrogen) atoms. The maximum Gasteiger partial charge on any atom is 0.255 e. The van der Waals surface area contributed by atoms with E-state index in [2.05, 4.69) is 5.32 Å². The van der Waals surface area contributed by atoms with Gasteiger partial charge in [-0.2, -0.15) is 4.31 Å². The van der Waals surface area contributed by atoms with Crippen LogP contribution in [0.4, 0.5) is 10.1 Å². The molecule has 3 aromatic rings. The molecule has 1 fully saturated rings. The van der Waals surface area contributed by atoms with Crippen LogP contribution in [-0.2, 0) is 29.5 Å². The molecule has 14 heteroatoms. The van der Waals surface area contributed by atoms with Gasteiger partial charge in [0, 0.05) is 42.7 Å². The molecule has 2 aliphatic heterocycles. The number of rotatable bonds is 6. The summed E-state index contributed by atoms with van der Waals surface area (Å²) in [5.74, 6) is -1.11. The molecule has 11 nitrogen and oxygen atoms in total. The second kappa shape index (κ2) is 10.7. The van der Waals surface area contributed by atoms with E-state index in [1.54, 1.807) is 13.0 Å². The Hall–Kier alpha value is -3.04. The van der Waals surface area contributed by atoms with E-state index >= 15 is 0 Å². The molecule has 0 radical (unpaired) electrons. The number of ether oxygens (including phenoxy) is 2. The first-order chi connectivity index (χ1) is 18.9. The number of nitrogens with zero attached hydrogens (tertiary/aromatic N) is 2. The Balaban J connectivity index is 1.61. The van der Waals surface area contributed by atoms with Crippen molar-refractivity contribution in [1.29, 1.82) is 0 Å². The van der Waals surface area contributed by atoms with Gasteiger partial charge in [0.25, 0.3) is 5.91 Å². The van der Waals surface area contributed by atoms with Gasteiger partial charge in [0.05, 0.1) is 55.2 Å². The standard InChI is InChI=1S/C26H30FN3O8S2/c1-16-20-12-21-23(38-25(24(21)26(31)28-2)17-4-6-18(27)7-5-17)13-22(20)30(39(3,32)33)14-19(37-16)15-40(34,35)29-8-10-36-11-9-29/h4-7,12-13,16,19H,8-11,14-15H2,1-3H3,(H,28,31)/t16-,19-/m0/s1. The maximum absolute atomic E-state index is 13.6. The summed E-state index contributed by atoms with van der Waals surface area (Å²) >= 11 is 0. The van der Waals surface area contributed by atoms with Crippen LogP contribution >= 0.6 is 0 Å². The first kappa shape index (κ1) is 28.5. The fraction of sp³-hybridized carbons (Fsp3) is 0.423. The minimum absolute atomic E-state index is 0.195. The van der Waals surface area contributed by atoms with Gasteiger partial charge in [0.1, 0.15) is 17.2 Å². The number of nitrogens with one attached hydrogen (secondary N) is 1. The minimum Gasteiger partial charge on any atom is -0.455 e. The molecule has 0 saturated carbocycles. The van der Waals surface area contributed by atoms with Gasteiger partial charge in [-0.25, -0.2) is 21.2 Å². The number of anilines is 1. The first-order valence-corrected chi connectivity index (χ1v) is 16.1. The fourth-order valence-corrected chi connectivity index (χ4v) is 7.63. The Bertz CT molecular complexity index is 1650. The van der Waals surface area contributed by atoms with Crippen LogP contribution in [0, 0.1) is 5.82 Å². The van der Waals surface area contributed by atoms with Crippen molar-refractivity contribution in [1.82, 2.24) is 9.62 Å². The molecule has 5 rings (SSSR count). The number of halogens is 1. The van der Waals surface area contributed by atoms with Crippen LogP contribution < -0.4 is 9.62 Å². The molecule has 1 N–H and O–H groups in total. The van der Waals surface area contributed by atoms with Crippen molar-refractivity contribution in [2.75, 3.05) is 56.2 Å². The van der Waals surface area contributed by atoms with Gasteiger partial charge < -0.3 is 19.2 Å². The molecule has 2 aliphatic rings. The monoisotopic (exact) mass is 595 g/mol. The Labute approximate surface area is 231 Å². The van der Waals surface area contributed by atoms with Crippen LogP contribution in [0.2, 0.25) is 0 Å². The van der Waals surface area contributed by atoms with Crippen molar-refractivity contribution in [2.45, 2.75) is 19.1 Å². The van der Waals surface area contributed by atoms with Crippen molar-refractivity contribution >= 4 is 42.6 Å². The normalized spacial score (nSPS) is 20.8. The number of fused-ring (bicyclic) bond motifs is 2. The van der Waals surface area contributed by atoms with Gasteiger partial charge in [0.2, 0.25) is 20.0 Å². The van der Waals surface area contributed by atoms with Gasteiger partial charge in [-0.05, 0) is 37.3 Å². The molecule has 3 heterocycles. The van der Waals surface area contributed by atoms with Crippen molar-refractivity contribution in [3.05, 3.63) is 53.3 Å². The van der Waals surface area contributed by atoms with Crippen molar-refractivity contribution in [2.24, 2.45) is 0 Å². The SMILES string of the molecule is CNC(=O)c1c(-c2ccc(F)cc2)oc2cc3c(cc12)[C@H](C)O[C@H](CS(=O)(=O)N1CCOCC1)CN3S(C)(=O)=O. The van der Waals surface area contributed by atoms with Gasteiger partial charge in [-0.3, -0.25) is 9.10 Å². The highest BCUT2D eigenvalue weighted by Crippen LogP contribution is 2.42. The van der Waals surface area contributed by atoms with E-state index in [4.69, 9.17) is 13.9 Å². The summed E-state index contributed by atoms with van der Waals surface area (Å²) in [6.07, 6.45) is -0.658. The Kier molecular flexibility index (Phi) is 7.65. The summed E-state index contributed by atoms with van der Waals surface area (Å²) in [7, 11) is -6.18. The van der Waals surface area contributed by atoms with Gasteiger partial charge >= 0.3 is 0 Å². The van der Waals surface area contributed by atoms with Crippen LogP contribution in [0.3, 0.4) is 0 Å².